The number of aryl methyl sites for hydroxylation is 1. The number of carbonyl (C=O) groups is 1. The molecule has 0 fully saturated rings. The summed E-state index contributed by atoms with van der Waals surface area (Å²) in [6, 6.07) is 4.02. The highest BCUT2D eigenvalue weighted by atomic mass is 79.9. The van der Waals surface area contributed by atoms with Gasteiger partial charge in [0.1, 0.15) is 0 Å². The Morgan fingerprint density at radius 2 is 2.00 bits per heavy atom. The first kappa shape index (κ1) is 13.8. The largest absolute Gasteiger partial charge is 0.481 e. The molecule has 2 aromatic rings. The van der Waals surface area contributed by atoms with Crippen LogP contribution in [0.25, 0.3) is 11.3 Å². The molecule has 0 saturated carbocycles. The average Bonchev–Trinajstić information content (AvgIpc) is 2.66. The SMILES string of the molecule is Cc1ccc(-c2nc(Br)[nH]c2CC(=O)O)c(C)c1C. The van der Waals surface area contributed by atoms with E-state index in [1.54, 1.807) is 0 Å². The van der Waals surface area contributed by atoms with Gasteiger partial charge in [0.25, 0.3) is 0 Å². The number of hydrogen-bond acceptors (Lipinski definition) is 2. The molecule has 0 aliphatic rings. The third-order valence-electron chi connectivity index (χ3n) is 3.39. The Morgan fingerprint density at radius 1 is 1.32 bits per heavy atom. The molecule has 5 heteroatoms. The van der Waals surface area contributed by atoms with Gasteiger partial charge in [0, 0.05) is 5.56 Å². The molecular weight excluding hydrogens is 308 g/mol. The number of aromatic nitrogens is 2. The van der Waals surface area contributed by atoms with Crippen molar-refractivity contribution < 1.29 is 9.90 Å². The van der Waals surface area contributed by atoms with Crippen LogP contribution >= 0.6 is 15.9 Å². The van der Waals surface area contributed by atoms with Crippen molar-refractivity contribution in [2.24, 2.45) is 0 Å². The lowest BCUT2D eigenvalue weighted by atomic mass is 9.96. The molecule has 1 aromatic carbocycles. The first-order valence-corrected chi connectivity index (χ1v) is 6.72. The van der Waals surface area contributed by atoms with E-state index in [1.165, 1.54) is 11.1 Å². The van der Waals surface area contributed by atoms with Gasteiger partial charge in [0.15, 0.2) is 4.73 Å². The van der Waals surface area contributed by atoms with Crippen LogP contribution in [0.2, 0.25) is 0 Å². The fourth-order valence-electron chi connectivity index (χ4n) is 2.09. The zero-order valence-electron chi connectivity index (χ0n) is 11.0. The molecule has 0 saturated heterocycles. The molecule has 0 atom stereocenters. The number of nitrogens with one attached hydrogen (secondary N) is 1. The fourth-order valence-corrected chi connectivity index (χ4v) is 2.51. The molecule has 0 aliphatic carbocycles. The number of aromatic amines is 1. The van der Waals surface area contributed by atoms with Crippen LogP contribution in [0.3, 0.4) is 0 Å². The Morgan fingerprint density at radius 3 is 2.63 bits per heavy atom. The van der Waals surface area contributed by atoms with E-state index in [2.05, 4.69) is 39.7 Å². The normalized spacial score (nSPS) is 10.7. The Labute approximate surface area is 120 Å². The number of carboxylic acid groups (broad SMARTS) is 1. The van der Waals surface area contributed by atoms with Gasteiger partial charge >= 0.3 is 5.97 Å². The number of carboxylic acids is 1. The Balaban J connectivity index is 2.59. The first-order valence-electron chi connectivity index (χ1n) is 5.93. The van der Waals surface area contributed by atoms with E-state index in [0.29, 0.717) is 16.1 Å². The van der Waals surface area contributed by atoms with Gasteiger partial charge in [0.05, 0.1) is 17.8 Å². The average molecular weight is 323 g/mol. The highest BCUT2D eigenvalue weighted by Gasteiger charge is 2.16. The van der Waals surface area contributed by atoms with Gasteiger partial charge in [-0.2, -0.15) is 0 Å². The minimum Gasteiger partial charge on any atom is -0.481 e. The Kier molecular flexibility index (Phi) is 3.75. The van der Waals surface area contributed by atoms with Crippen LogP contribution in [0, 0.1) is 20.8 Å². The van der Waals surface area contributed by atoms with Crippen molar-refractivity contribution in [2.75, 3.05) is 0 Å². The van der Waals surface area contributed by atoms with E-state index in [-0.39, 0.29) is 6.42 Å². The highest BCUT2D eigenvalue weighted by Crippen LogP contribution is 2.29. The summed E-state index contributed by atoms with van der Waals surface area (Å²) in [6.45, 7) is 6.16. The van der Waals surface area contributed by atoms with E-state index in [9.17, 15) is 4.79 Å². The molecule has 0 spiro atoms. The molecule has 0 amide bonds. The lowest BCUT2D eigenvalue weighted by Crippen LogP contribution is -2.02. The van der Waals surface area contributed by atoms with E-state index >= 15 is 0 Å². The van der Waals surface area contributed by atoms with Gasteiger partial charge in [-0.1, -0.05) is 12.1 Å². The summed E-state index contributed by atoms with van der Waals surface area (Å²) in [5.41, 5.74) is 5.85. The maximum Gasteiger partial charge on any atom is 0.309 e. The molecule has 0 radical (unpaired) electrons. The number of aliphatic carboxylic acids is 1. The van der Waals surface area contributed by atoms with Gasteiger partial charge in [-0.25, -0.2) is 4.98 Å². The van der Waals surface area contributed by atoms with Crippen LogP contribution in [-0.4, -0.2) is 21.0 Å². The predicted molar refractivity (Wildman–Crippen MR) is 77.3 cm³/mol. The predicted octanol–water partition coefficient (Wildman–Crippen LogP) is 3.39. The fraction of sp³-hybridized carbons (Fsp3) is 0.286. The van der Waals surface area contributed by atoms with E-state index in [0.717, 1.165) is 11.1 Å². The van der Waals surface area contributed by atoms with Crippen LogP contribution in [0.1, 0.15) is 22.4 Å². The van der Waals surface area contributed by atoms with Crippen LogP contribution in [0.4, 0.5) is 0 Å². The van der Waals surface area contributed by atoms with Crippen molar-refractivity contribution in [3.05, 3.63) is 39.3 Å². The van der Waals surface area contributed by atoms with Crippen LogP contribution in [-0.2, 0) is 11.2 Å². The van der Waals surface area contributed by atoms with Gasteiger partial charge in [-0.15, -0.1) is 0 Å². The quantitative estimate of drug-likeness (QED) is 0.910. The minimum atomic E-state index is -0.876. The summed E-state index contributed by atoms with van der Waals surface area (Å²) in [7, 11) is 0. The van der Waals surface area contributed by atoms with Crippen molar-refractivity contribution in [1.29, 1.82) is 0 Å². The zero-order chi connectivity index (χ0) is 14.2. The maximum atomic E-state index is 10.9. The van der Waals surface area contributed by atoms with Crippen molar-refractivity contribution in [2.45, 2.75) is 27.2 Å². The number of halogens is 1. The Bertz CT molecular complexity index is 647. The second kappa shape index (κ2) is 5.17. The summed E-state index contributed by atoms with van der Waals surface area (Å²) in [6.07, 6.45) is -0.0691. The summed E-state index contributed by atoms with van der Waals surface area (Å²) in [4.78, 5) is 18.2. The van der Waals surface area contributed by atoms with Crippen LogP contribution < -0.4 is 0 Å². The summed E-state index contributed by atoms with van der Waals surface area (Å²) in [5.74, 6) is -0.876. The van der Waals surface area contributed by atoms with Gasteiger partial charge in [-0.05, 0) is 53.4 Å². The van der Waals surface area contributed by atoms with Gasteiger partial charge < -0.3 is 10.1 Å². The van der Waals surface area contributed by atoms with Crippen molar-refractivity contribution in [3.8, 4) is 11.3 Å². The maximum absolute atomic E-state index is 10.9. The number of nitrogens with zero attached hydrogens (tertiary/aromatic N) is 1. The molecule has 100 valence electrons. The first-order chi connectivity index (χ1) is 8.90. The number of imidazole rings is 1. The van der Waals surface area contributed by atoms with Crippen LogP contribution in [0.15, 0.2) is 16.9 Å². The van der Waals surface area contributed by atoms with Crippen LogP contribution in [0.5, 0.6) is 0 Å². The summed E-state index contributed by atoms with van der Waals surface area (Å²) >= 11 is 3.27. The summed E-state index contributed by atoms with van der Waals surface area (Å²) in [5, 5.41) is 8.95. The number of hydrogen-bond donors (Lipinski definition) is 2. The molecular formula is C14H15BrN2O2. The second-order valence-electron chi connectivity index (χ2n) is 4.61. The Hall–Kier alpha value is -1.62. The molecule has 1 aromatic heterocycles. The van der Waals surface area contributed by atoms with Crippen molar-refractivity contribution >= 4 is 21.9 Å². The minimum absolute atomic E-state index is 0.0691. The van der Waals surface area contributed by atoms with Crippen molar-refractivity contribution in [3.63, 3.8) is 0 Å². The lowest BCUT2D eigenvalue weighted by Gasteiger charge is -2.10. The molecule has 2 N–H and O–H groups in total. The summed E-state index contributed by atoms with van der Waals surface area (Å²) < 4.78 is 0.552. The second-order valence-corrected chi connectivity index (χ2v) is 5.36. The molecule has 0 bridgehead atoms. The molecule has 4 nitrogen and oxygen atoms in total. The molecule has 0 unspecified atom stereocenters. The zero-order valence-corrected chi connectivity index (χ0v) is 12.6. The lowest BCUT2D eigenvalue weighted by molar-refractivity contribution is -0.136. The third-order valence-corrected chi connectivity index (χ3v) is 3.77. The van der Waals surface area contributed by atoms with E-state index < -0.39 is 5.97 Å². The monoisotopic (exact) mass is 322 g/mol. The van der Waals surface area contributed by atoms with Crippen molar-refractivity contribution in [1.82, 2.24) is 9.97 Å². The van der Waals surface area contributed by atoms with E-state index in [4.69, 9.17) is 5.11 Å². The van der Waals surface area contributed by atoms with E-state index in [1.807, 2.05) is 19.1 Å². The molecule has 2 rings (SSSR count). The topological polar surface area (TPSA) is 66.0 Å². The highest BCUT2D eigenvalue weighted by molar-refractivity contribution is 9.10. The number of benzene rings is 1. The van der Waals surface area contributed by atoms with Gasteiger partial charge in [0.2, 0.25) is 0 Å². The third kappa shape index (κ3) is 2.71. The smallest absolute Gasteiger partial charge is 0.309 e. The molecule has 19 heavy (non-hydrogen) atoms. The number of H-pyrrole nitrogens is 1. The number of rotatable bonds is 3. The standard InChI is InChI=1S/C14H15BrN2O2/c1-7-4-5-10(9(3)8(7)2)13-11(6-12(18)19)16-14(15)17-13/h4-5H,6H2,1-3H3,(H,16,17)(H,18,19). The van der Waals surface area contributed by atoms with Gasteiger partial charge in [-0.3, -0.25) is 4.79 Å². The molecule has 0 aliphatic heterocycles. The molecule has 1 heterocycles.